The summed E-state index contributed by atoms with van der Waals surface area (Å²) in [7, 11) is 0. The van der Waals surface area contributed by atoms with E-state index in [4.69, 9.17) is 0 Å². The van der Waals surface area contributed by atoms with E-state index in [1.165, 1.54) is 0 Å². The zero-order valence-corrected chi connectivity index (χ0v) is 8.28. The van der Waals surface area contributed by atoms with Gasteiger partial charge in [0, 0.05) is 30.6 Å². The topological polar surface area (TPSA) is 60.2 Å². The van der Waals surface area contributed by atoms with E-state index in [9.17, 15) is 14.9 Å². The maximum Gasteiger partial charge on any atom is 0.213 e. The summed E-state index contributed by atoms with van der Waals surface area (Å²) in [5.74, 6) is 0.114. The standard InChI is InChI=1S/C9H17NO3/c1-3-5-8(10(12)13)6-7-9(11)4-2/h8H,3-7H2,1-2H3. The Bertz CT molecular complexity index is 180. The van der Waals surface area contributed by atoms with Crippen molar-refractivity contribution >= 4 is 5.78 Å². The Hall–Kier alpha value is -0.930. The molecule has 0 spiro atoms. The first-order chi connectivity index (χ1) is 6.11. The SMILES string of the molecule is CCCC(CCC(=O)CC)[N+](=O)[O-]. The third kappa shape index (κ3) is 5.33. The largest absolute Gasteiger partial charge is 0.300 e. The van der Waals surface area contributed by atoms with Crippen molar-refractivity contribution in [1.82, 2.24) is 0 Å². The fourth-order valence-electron chi connectivity index (χ4n) is 1.19. The second kappa shape index (κ2) is 6.57. The number of Topliss-reactive ketones (excluding diaryl/α,β-unsaturated/α-hetero) is 1. The number of ketones is 1. The summed E-state index contributed by atoms with van der Waals surface area (Å²) in [6, 6.07) is -0.527. The molecule has 4 nitrogen and oxygen atoms in total. The van der Waals surface area contributed by atoms with Crippen molar-refractivity contribution in [3.8, 4) is 0 Å². The summed E-state index contributed by atoms with van der Waals surface area (Å²) in [6.07, 6.45) is 2.60. The zero-order chi connectivity index (χ0) is 10.3. The van der Waals surface area contributed by atoms with E-state index in [0.717, 1.165) is 6.42 Å². The lowest BCUT2D eigenvalue weighted by Crippen LogP contribution is -2.20. The van der Waals surface area contributed by atoms with Crippen molar-refractivity contribution in [3.63, 3.8) is 0 Å². The molecule has 0 aliphatic rings. The molecule has 0 aromatic rings. The van der Waals surface area contributed by atoms with Gasteiger partial charge in [0.2, 0.25) is 6.04 Å². The highest BCUT2D eigenvalue weighted by Gasteiger charge is 2.19. The van der Waals surface area contributed by atoms with Gasteiger partial charge >= 0.3 is 0 Å². The van der Waals surface area contributed by atoms with E-state index in [2.05, 4.69) is 0 Å². The molecule has 4 heteroatoms. The van der Waals surface area contributed by atoms with Crippen LogP contribution in [0.2, 0.25) is 0 Å². The average Bonchev–Trinajstić information content (AvgIpc) is 2.11. The molecular formula is C9H17NO3. The quantitative estimate of drug-likeness (QED) is 0.453. The van der Waals surface area contributed by atoms with Gasteiger partial charge in [-0.1, -0.05) is 13.8 Å². The Kier molecular flexibility index (Phi) is 6.10. The lowest BCUT2D eigenvalue weighted by atomic mass is 10.0. The van der Waals surface area contributed by atoms with E-state index in [1.54, 1.807) is 6.92 Å². The zero-order valence-electron chi connectivity index (χ0n) is 8.28. The van der Waals surface area contributed by atoms with Gasteiger partial charge in [0.05, 0.1) is 0 Å². The number of carbonyl (C=O) groups excluding carboxylic acids is 1. The van der Waals surface area contributed by atoms with Crippen LogP contribution in [-0.2, 0) is 4.79 Å². The van der Waals surface area contributed by atoms with Crippen LogP contribution in [0.3, 0.4) is 0 Å². The molecular weight excluding hydrogens is 170 g/mol. The molecule has 0 N–H and O–H groups in total. The van der Waals surface area contributed by atoms with Gasteiger partial charge in [-0.3, -0.25) is 14.9 Å². The van der Waals surface area contributed by atoms with Crippen LogP contribution in [0.25, 0.3) is 0 Å². The summed E-state index contributed by atoms with van der Waals surface area (Å²) in [5.41, 5.74) is 0. The Morgan fingerprint density at radius 2 is 2.00 bits per heavy atom. The molecule has 0 aromatic heterocycles. The Morgan fingerprint density at radius 3 is 2.38 bits per heavy atom. The first-order valence-corrected chi connectivity index (χ1v) is 4.77. The summed E-state index contributed by atoms with van der Waals surface area (Å²) in [4.78, 5) is 21.1. The lowest BCUT2D eigenvalue weighted by Gasteiger charge is -2.06. The molecule has 0 amide bonds. The fourth-order valence-corrected chi connectivity index (χ4v) is 1.19. The van der Waals surface area contributed by atoms with E-state index >= 15 is 0 Å². The van der Waals surface area contributed by atoms with Crippen molar-refractivity contribution in [2.24, 2.45) is 0 Å². The molecule has 76 valence electrons. The lowest BCUT2D eigenvalue weighted by molar-refractivity contribution is -0.524. The van der Waals surface area contributed by atoms with Gasteiger partial charge in [0.25, 0.3) is 0 Å². The van der Waals surface area contributed by atoms with Crippen molar-refractivity contribution in [1.29, 1.82) is 0 Å². The monoisotopic (exact) mass is 187 g/mol. The van der Waals surface area contributed by atoms with Crippen LogP contribution in [0, 0.1) is 10.1 Å². The number of rotatable bonds is 7. The summed E-state index contributed by atoms with van der Waals surface area (Å²) >= 11 is 0. The minimum Gasteiger partial charge on any atom is -0.300 e. The third-order valence-corrected chi connectivity index (χ3v) is 2.07. The fraction of sp³-hybridized carbons (Fsp3) is 0.889. The Labute approximate surface area is 78.5 Å². The van der Waals surface area contributed by atoms with Crippen molar-refractivity contribution in [2.45, 2.75) is 52.0 Å². The highest BCUT2D eigenvalue weighted by atomic mass is 16.6. The van der Waals surface area contributed by atoms with Gasteiger partial charge in [-0.25, -0.2) is 0 Å². The first kappa shape index (κ1) is 12.1. The maximum atomic E-state index is 10.9. The normalized spacial score (nSPS) is 12.5. The predicted octanol–water partition coefficient (Wildman–Crippen LogP) is 2.19. The summed E-state index contributed by atoms with van der Waals surface area (Å²) < 4.78 is 0. The number of carbonyl (C=O) groups is 1. The van der Waals surface area contributed by atoms with E-state index in [0.29, 0.717) is 25.7 Å². The molecule has 0 aliphatic carbocycles. The average molecular weight is 187 g/mol. The molecule has 0 fully saturated rings. The number of hydrogen-bond donors (Lipinski definition) is 0. The first-order valence-electron chi connectivity index (χ1n) is 4.77. The molecule has 13 heavy (non-hydrogen) atoms. The smallest absolute Gasteiger partial charge is 0.213 e. The van der Waals surface area contributed by atoms with Crippen LogP contribution in [0.5, 0.6) is 0 Å². The van der Waals surface area contributed by atoms with E-state index in [1.807, 2.05) is 6.92 Å². The highest BCUT2D eigenvalue weighted by molar-refractivity contribution is 5.77. The molecule has 0 aliphatic heterocycles. The van der Waals surface area contributed by atoms with Crippen LogP contribution in [0.1, 0.15) is 46.0 Å². The van der Waals surface area contributed by atoms with Crippen molar-refractivity contribution < 1.29 is 9.72 Å². The highest BCUT2D eigenvalue weighted by Crippen LogP contribution is 2.09. The third-order valence-electron chi connectivity index (χ3n) is 2.07. The van der Waals surface area contributed by atoms with Crippen LogP contribution in [0.15, 0.2) is 0 Å². The van der Waals surface area contributed by atoms with Gasteiger partial charge < -0.3 is 0 Å². The molecule has 0 saturated heterocycles. The minimum atomic E-state index is -0.527. The molecule has 1 unspecified atom stereocenters. The van der Waals surface area contributed by atoms with Crippen LogP contribution < -0.4 is 0 Å². The molecule has 0 radical (unpaired) electrons. The van der Waals surface area contributed by atoms with Crippen LogP contribution in [-0.4, -0.2) is 16.7 Å². The predicted molar refractivity (Wildman–Crippen MR) is 50.2 cm³/mol. The molecule has 0 rings (SSSR count). The van der Waals surface area contributed by atoms with Gasteiger partial charge in [-0.15, -0.1) is 0 Å². The maximum absolute atomic E-state index is 10.9. The molecule has 1 atom stereocenters. The Morgan fingerprint density at radius 1 is 1.38 bits per heavy atom. The minimum absolute atomic E-state index is 0.114. The van der Waals surface area contributed by atoms with Gasteiger partial charge in [-0.05, 0) is 6.42 Å². The van der Waals surface area contributed by atoms with Gasteiger partial charge in [0.1, 0.15) is 5.78 Å². The second-order valence-corrected chi connectivity index (χ2v) is 3.16. The molecule has 0 heterocycles. The summed E-state index contributed by atoms with van der Waals surface area (Å²) in [5, 5.41) is 10.5. The van der Waals surface area contributed by atoms with E-state index in [-0.39, 0.29) is 10.7 Å². The molecule has 0 bridgehead atoms. The number of nitro groups is 1. The van der Waals surface area contributed by atoms with Crippen molar-refractivity contribution in [2.75, 3.05) is 0 Å². The summed E-state index contributed by atoms with van der Waals surface area (Å²) in [6.45, 7) is 3.70. The van der Waals surface area contributed by atoms with Crippen LogP contribution in [0.4, 0.5) is 0 Å². The number of hydrogen-bond acceptors (Lipinski definition) is 3. The molecule has 0 saturated carbocycles. The van der Waals surface area contributed by atoms with Crippen LogP contribution >= 0.6 is 0 Å². The number of nitrogens with zero attached hydrogens (tertiary/aromatic N) is 1. The Balaban J connectivity index is 3.82. The van der Waals surface area contributed by atoms with Gasteiger partial charge in [0.15, 0.2) is 0 Å². The van der Waals surface area contributed by atoms with Crippen molar-refractivity contribution in [3.05, 3.63) is 10.1 Å². The molecule has 0 aromatic carbocycles. The second-order valence-electron chi connectivity index (χ2n) is 3.16. The van der Waals surface area contributed by atoms with E-state index < -0.39 is 6.04 Å². The van der Waals surface area contributed by atoms with Gasteiger partial charge in [-0.2, -0.15) is 0 Å².